The number of nitrogens with one attached hydrogen (secondary N) is 1. The summed E-state index contributed by atoms with van der Waals surface area (Å²) in [7, 11) is -3.07. The Bertz CT molecular complexity index is 598. The number of aryl methyl sites for hydroxylation is 1. The molecule has 0 radical (unpaired) electrons. The van der Waals surface area contributed by atoms with Crippen molar-refractivity contribution in [2.75, 3.05) is 18.6 Å². The molecule has 0 aliphatic heterocycles. The van der Waals surface area contributed by atoms with Crippen LogP contribution >= 0.6 is 0 Å². The quantitative estimate of drug-likeness (QED) is 0.741. The highest BCUT2D eigenvalue weighted by Crippen LogP contribution is 2.22. The summed E-state index contributed by atoms with van der Waals surface area (Å²) < 4.78 is 21.9. The molecule has 0 bridgehead atoms. The number of hydrogen-bond acceptors (Lipinski definition) is 3. The summed E-state index contributed by atoms with van der Waals surface area (Å²) in [5, 5.41) is 2.77. The molecule has 0 heterocycles. The van der Waals surface area contributed by atoms with Crippen LogP contribution in [0.2, 0.25) is 0 Å². The van der Waals surface area contributed by atoms with E-state index in [1.165, 1.54) is 11.1 Å². The second kappa shape index (κ2) is 8.48. The van der Waals surface area contributed by atoms with E-state index >= 15 is 0 Å². The molecule has 1 aromatic carbocycles. The van der Waals surface area contributed by atoms with Gasteiger partial charge in [0.2, 0.25) is 5.91 Å². The van der Waals surface area contributed by atoms with Gasteiger partial charge in [-0.05, 0) is 35.8 Å². The van der Waals surface area contributed by atoms with Gasteiger partial charge in [0.1, 0.15) is 9.84 Å². The molecular formula is C18H29NO3S. The molecule has 5 heteroatoms. The van der Waals surface area contributed by atoms with Crippen LogP contribution in [0.1, 0.15) is 51.2 Å². The minimum Gasteiger partial charge on any atom is -0.356 e. The van der Waals surface area contributed by atoms with Crippen molar-refractivity contribution in [2.45, 2.75) is 51.9 Å². The Morgan fingerprint density at radius 1 is 1.09 bits per heavy atom. The van der Waals surface area contributed by atoms with Gasteiger partial charge in [-0.25, -0.2) is 8.42 Å². The molecule has 23 heavy (non-hydrogen) atoms. The van der Waals surface area contributed by atoms with Gasteiger partial charge >= 0.3 is 0 Å². The van der Waals surface area contributed by atoms with Crippen molar-refractivity contribution in [3.63, 3.8) is 0 Å². The fraction of sp³-hybridized carbons (Fsp3) is 0.611. The summed E-state index contributed by atoms with van der Waals surface area (Å²) in [6, 6.07) is 8.71. The van der Waals surface area contributed by atoms with Crippen LogP contribution in [-0.2, 0) is 26.5 Å². The van der Waals surface area contributed by atoms with Gasteiger partial charge in [-0.1, -0.05) is 45.0 Å². The number of carbonyl (C=O) groups is 1. The van der Waals surface area contributed by atoms with E-state index in [9.17, 15) is 13.2 Å². The lowest BCUT2D eigenvalue weighted by Crippen LogP contribution is -2.26. The van der Waals surface area contributed by atoms with Crippen molar-refractivity contribution < 1.29 is 13.2 Å². The van der Waals surface area contributed by atoms with E-state index in [2.05, 4.69) is 50.4 Å². The maximum absolute atomic E-state index is 11.5. The summed E-state index contributed by atoms with van der Waals surface area (Å²) in [4.78, 5) is 11.5. The van der Waals surface area contributed by atoms with E-state index in [4.69, 9.17) is 0 Å². The van der Waals surface area contributed by atoms with Crippen LogP contribution in [0.4, 0.5) is 0 Å². The zero-order valence-electron chi connectivity index (χ0n) is 14.7. The average molecular weight is 340 g/mol. The smallest absolute Gasteiger partial charge is 0.221 e. The summed E-state index contributed by atoms with van der Waals surface area (Å²) in [5.74, 6) is -0.274. The third-order valence-corrected chi connectivity index (χ3v) is 4.68. The highest BCUT2D eigenvalue weighted by molar-refractivity contribution is 7.90. The van der Waals surface area contributed by atoms with Crippen molar-refractivity contribution in [3.05, 3.63) is 35.4 Å². The molecular weight excluding hydrogens is 310 g/mol. The molecule has 0 unspecified atom stereocenters. The monoisotopic (exact) mass is 339 g/mol. The second-order valence-corrected chi connectivity index (χ2v) is 9.39. The first-order valence-electron chi connectivity index (χ1n) is 8.12. The lowest BCUT2D eigenvalue weighted by Gasteiger charge is -2.19. The van der Waals surface area contributed by atoms with E-state index in [0.29, 0.717) is 6.54 Å². The van der Waals surface area contributed by atoms with E-state index in [1.807, 2.05) is 0 Å². The fourth-order valence-electron chi connectivity index (χ4n) is 2.22. The Labute approximate surface area is 140 Å². The molecule has 1 N–H and O–H groups in total. The number of sulfone groups is 1. The molecule has 0 spiro atoms. The predicted octanol–water partition coefficient (Wildman–Crippen LogP) is 2.86. The number of amides is 1. The summed E-state index contributed by atoms with van der Waals surface area (Å²) in [6.07, 6.45) is 4.08. The molecule has 1 amide bonds. The van der Waals surface area contributed by atoms with Crippen LogP contribution in [0.5, 0.6) is 0 Å². The molecule has 0 aliphatic rings. The lowest BCUT2D eigenvalue weighted by atomic mass is 9.86. The Kier molecular flexibility index (Phi) is 7.26. The largest absolute Gasteiger partial charge is 0.356 e. The molecule has 0 fully saturated rings. The number of benzene rings is 1. The number of carbonyl (C=O) groups excluding carboxylic acids is 1. The van der Waals surface area contributed by atoms with Crippen LogP contribution in [0, 0.1) is 0 Å². The molecule has 130 valence electrons. The van der Waals surface area contributed by atoms with Gasteiger partial charge in [-0.3, -0.25) is 4.79 Å². The van der Waals surface area contributed by atoms with Crippen molar-refractivity contribution in [1.82, 2.24) is 5.32 Å². The van der Waals surface area contributed by atoms with Crippen molar-refractivity contribution in [1.29, 1.82) is 0 Å². The first-order chi connectivity index (χ1) is 10.6. The van der Waals surface area contributed by atoms with E-state index in [1.54, 1.807) is 0 Å². The Morgan fingerprint density at radius 3 is 2.22 bits per heavy atom. The van der Waals surface area contributed by atoms with E-state index in [-0.39, 0.29) is 23.5 Å². The maximum atomic E-state index is 11.5. The van der Waals surface area contributed by atoms with Crippen molar-refractivity contribution >= 4 is 15.7 Å². The molecule has 4 nitrogen and oxygen atoms in total. The first kappa shape index (κ1) is 19.7. The highest BCUT2D eigenvalue weighted by Gasteiger charge is 2.12. The molecule has 0 saturated heterocycles. The Hall–Kier alpha value is -1.36. The standard InChI is InChI=1S/C18H29NO3S/c1-18(2,3)16-10-8-15(9-11-16)7-5-6-13-19-17(20)12-14-23(4,21)22/h8-11H,5-7,12-14H2,1-4H3,(H,19,20). The third kappa shape index (κ3) is 8.74. The second-order valence-electron chi connectivity index (χ2n) is 7.13. The van der Waals surface area contributed by atoms with Crippen LogP contribution < -0.4 is 5.32 Å². The third-order valence-electron chi connectivity index (χ3n) is 3.73. The molecule has 0 aliphatic carbocycles. The van der Waals surface area contributed by atoms with Gasteiger partial charge in [0.05, 0.1) is 5.75 Å². The molecule has 0 aromatic heterocycles. The van der Waals surface area contributed by atoms with Gasteiger partial charge in [-0.15, -0.1) is 0 Å². The topological polar surface area (TPSA) is 63.2 Å². The van der Waals surface area contributed by atoms with Crippen LogP contribution in [0.15, 0.2) is 24.3 Å². The highest BCUT2D eigenvalue weighted by atomic mass is 32.2. The minimum atomic E-state index is -3.07. The molecule has 1 rings (SSSR count). The lowest BCUT2D eigenvalue weighted by molar-refractivity contribution is -0.120. The zero-order chi connectivity index (χ0) is 17.5. The van der Waals surface area contributed by atoms with Crippen molar-refractivity contribution in [2.24, 2.45) is 0 Å². The molecule has 0 atom stereocenters. The Balaban J connectivity index is 2.21. The SMILES string of the molecule is CC(C)(C)c1ccc(CCCCNC(=O)CCS(C)(=O)=O)cc1. The number of hydrogen-bond donors (Lipinski definition) is 1. The van der Waals surface area contributed by atoms with E-state index in [0.717, 1.165) is 25.5 Å². The van der Waals surface area contributed by atoms with Crippen LogP contribution in [0.3, 0.4) is 0 Å². The van der Waals surface area contributed by atoms with Gasteiger partial charge in [0.25, 0.3) is 0 Å². The number of rotatable bonds is 8. The van der Waals surface area contributed by atoms with Gasteiger partial charge in [-0.2, -0.15) is 0 Å². The van der Waals surface area contributed by atoms with Crippen molar-refractivity contribution in [3.8, 4) is 0 Å². The molecule has 1 aromatic rings. The fourth-order valence-corrected chi connectivity index (χ4v) is 2.78. The minimum absolute atomic E-state index is 0.0487. The summed E-state index contributed by atoms with van der Waals surface area (Å²) in [5.41, 5.74) is 2.82. The van der Waals surface area contributed by atoms with Crippen LogP contribution in [0.25, 0.3) is 0 Å². The van der Waals surface area contributed by atoms with Crippen LogP contribution in [-0.4, -0.2) is 32.9 Å². The zero-order valence-corrected chi connectivity index (χ0v) is 15.5. The van der Waals surface area contributed by atoms with Gasteiger partial charge in [0, 0.05) is 19.2 Å². The average Bonchev–Trinajstić information content (AvgIpc) is 2.43. The maximum Gasteiger partial charge on any atom is 0.221 e. The Morgan fingerprint density at radius 2 is 1.70 bits per heavy atom. The summed E-state index contributed by atoms with van der Waals surface area (Å²) in [6.45, 7) is 7.21. The summed E-state index contributed by atoms with van der Waals surface area (Å²) >= 11 is 0. The normalized spacial score (nSPS) is 12.2. The predicted molar refractivity (Wildman–Crippen MR) is 95.4 cm³/mol. The number of unbranched alkanes of at least 4 members (excludes halogenated alkanes) is 1. The van der Waals surface area contributed by atoms with Gasteiger partial charge in [0.15, 0.2) is 0 Å². The molecule has 0 saturated carbocycles. The van der Waals surface area contributed by atoms with E-state index < -0.39 is 9.84 Å². The van der Waals surface area contributed by atoms with Gasteiger partial charge < -0.3 is 5.32 Å². The first-order valence-corrected chi connectivity index (χ1v) is 10.2.